The summed E-state index contributed by atoms with van der Waals surface area (Å²) in [5.74, 6) is 0.803. The summed E-state index contributed by atoms with van der Waals surface area (Å²) in [6, 6.07) is 0.724. The maximum Gasteiger partial charge on any atom is 0.255 e. The SMILES string of the molecule is O=C1N(CCC2CCCCC2)CCC[C@@]1(O)CN1CCC(N2CCCC2)CC1. The van der Waals surface area contributed by atoms with Crippen LogP contribution >= 0.6 is 0 Å². The summed E-state index contributed by atoms with van der Waals surface area (Å²) in [6.45, 7) is 6.82. The van der Waals surface area contributed by atoms with Gasteiger partial charge in [-0.15, -0.1) is 0 Å². The Bertz CT molecular complexity index is 508. The van der Waals surface area contributed by atoms with E-state index in [9.17, 15) is 9.90 Å². The van der Waals surface area contributed by atoms with E-state index in [0.29, 0.717) is 13.0 Å². The molecular weight excluding hydrogens is 350 g/mol. The van der Waals surface area contributed by atoms with Crippen molar-refractivity contribution in [3.63, 3.8) is 0 Å². The van der Waals surface area contributed by atoms with E-state index in [1.165, 1.54) is 70.9 Å². The zero-order chi connectivity index (χ0) is 19.4. The summed E-state index contributed by atoms with van der Waals surface area (Å²) in [5.41, 5.74) is -1.15. The van der Waals surface area contributed by atoms with E-state index in [1.54, 1.807) is 0 Å². The van der Waals surface area contributed by atoms with Crippen molar-refractivity contribution >= 4 is 5.91 Å². The summed E-state index contributed by atoms with van der Waals surface area (Å²) in [7, 11) is 0. The Kier molecular flexibility index (Phi) is 6.95. The minimum atomic E-state index is -1.15. The van der Waals surface area contributed by atoms with Crippen molar-refractivity contribution in [3.05, 3.63) is 0 Å². The second-order valence-corrected chi connectivity index (χ2v) is 9.97. The molecule has 4 fully saturated rings. The first-order valence-electron chi connectivity index (χ1n) is 12.1. The van der Waals surface area contributed by atoms with Crippen LogP contribution in [0.4, 0.5) is 0 Å². The summed E-state index contributed by atoms with van der Waals surface area (Å²) in [4.78, 5) is 20.1. The molecule has 1 N–H and O–H groups in total. The van der Waals surface area contributed by atoms with Gasteiger partial charge in [0.25, 0.3) is 5.91 Å². The largest absolute Gasteiger partial charge is 0.379 e. The van der Waals surface area contributed by atoms with E-state index in [1.807, 2.05) is 4.90 Å². The zero-order valence-corrected chi connectivity index (χ0v) is 17.8. The highest BCUT2D eigenvalue weighted by molar-refractivity contribution is 5.86. The maximum absolute atomic E-state index is 13.1. The molecule has 4 rings (SSSR count). The first kappa shape index (κ1) is 20.6. The Morgan fingerprint density at radius 2 is 1.57 bits per heavy atom. The van der Waals surface area contributed by atoms with Gasteiger partial charge >= 0.3 is 0 Å². The van der Waals surface area contributed by atoms with Gasteiger partial charge < -0.3 is 14.9 Å². The monoisotopic (exact) mass is 391 g/mol. The van der Waals surface area contributed by atoms with Gasteiger partial charge in [0, 0.05) is 25.7 Å². The molecule has 0 aromatic heterocycles. The van der Waals surface area contributed by atoms with Crippen molar-refractivity contribution in [2.75, 3.05) is 45.8 Å². The molecule has 0 aromatic rings. The van der Waals surface area contributed by atoms with E-state index in [0.717, 1.165) is 51.0 Å². The standard InChI is InChI=1S/C23H41N3O2/c27-22-23(28,12-6-15-26(22)18-9-20-7-2-1-3-8-20)19-24-16-10-21(11-17-24)25-13-4-5-14-25/h20-21,28H,1-19H2/t23-/m1/s1. The number of amides is 1. The average molecular weight is 392 g/mol. The predicted molar refractivity (Wildman–Crippen MR) is 112 cm³/mol. The normalized spacial score (nSPS) is 32.3. The number of hydrogen-bond acceptors (Lipinski definition) is 4. The van der Waals surface area contributed by atoms with Crippen molar-refractivity contribution in [1.82, 2.24) is 14.7 Å². The zero-order valence-electron chi connectivity index (χ0n) is 17.8. The maximum atomic E-state index is 13.1. The molecule has 0 aromatic carbocycles. The second kappa shape index (κ2) is 9.44. The van der Waals surface area contributed by atoms with E-state index in [-0.39, 0.29) is 5.91 Å². The predicted octanol–water partition coefficient (Wildman–Crippen LogP) is 2.87. The highest BCUT2D eigenvalue weighted by Gasteiger charge is 2.44. The molecule has 1 amide bonds. The topological polar surface area (TPSA) is 47.0 Å². The molecule has 5 nitrogen and oxygen atoms in total. The lowest BCUT2D eigenvalue weighted by Gasteiger charge is -2.43. The van der Waals surface area contributed by atoms with Crippen molar-refractivity contribution in [2.24, 2.45) is 5.92 Å². The number of carbonyl (C=O) groups excluding carboxylic acids is 1. The summed E-state index contributed by atoms with van der Waals surface area (Å²) < 4.78 is 0. The van der Waals surface area contributed by atoms with Crippen molar-refractivity contribution in [1.29, 1.82) is 0 Å². The minimum absolute atomic E-state index is 0.0104. The molecular formula is C23H41N3O2. The van der Waals surface area contributed by atoms with Gasteiger partial charge in [-0.05, 0) is 77.0 Å². The van der Waals surface area contributed by atoms with Gasteiger partial charge in [0.1, 0.15) is 0 Å². The van der Waals surface area contributed by atoms with Crippen LogP contribution in [-0.4, -0.2) is 83.2 Å². The molecule has 1 saturated carbocycles. The fraction of sp³-hybridized carbons (Fsp3) is 0.957. The van der Waals surface area contributed by atoms with Crippen LogP contribution in [0.1, 0.15) is 77.0 Å². The third-order valence-corrected chi connectivity index (χ3v) is 7.94. The number of aliphatic hydroxyl groups is 1. The van der Waals surface area contributed by atoms with E-state index < -0.39 is 5.60 Å². The Labute approximate surface area is 171 Å². The molecule has 0 bridgehead atoms. The molecule has 0 unspecified atom stereocenters. The van der Waals surface area contributed by atoms with Gasteiger partial charge in [-0.1, -0.05) is 32.1 Å². The Hall–Kier alpha value is -0.650. The van der Waals surface area contributed by atoms with Gasteiger partial charge in [0.05, 0.1) is 0 Å². The molecule has 160 valence electrons. The van der Waals surface area contributed by atoms with Crippen LogP contribution in [0.15, 0.2) is 0 Å². The first-order valence-corrected chi connectivity index (χ1v) is 12.1. The summed E-state index contributed by atoms with van der Waals surface area (Å²) >= 11 is 0. The lowest BCUT2D eigenvalue weighted by atomic mass is 9.86. The number of rotatable bonds is 6. The average Bonchev–Trinajstić information content (AvgIpc) is 3.25. The molecule has 0 radical (unpaired) electrons. The van der Waals surface area contributed by atoms with E-state index >= 15 is 0 Å². The molecule has 5 heteroatoms. The van der Waals surface area contributed by atoms with Crippen LogP contribution in [-0.2, 0) is 4.79 Å². The van der Waals surface area contributed by atoms with Crippen molar-refractivity contribution in [3.8, 4) is 0 Å². The highest BCUT2D eigenvalue weighted by Crippen LogP contribution is 2.30. The molecule has 3 aliphatic heterocycles. The van der Waals surface area contributed by atoms with E-state index in [4.69, 9.17) is 0 Å². The highest BCUT2D eigenvalue weighted by atomic mass is 16.3. The Morgan fingerprint density at radius 3 is 2.29 bits per heavy atom. The second-order valence-electron chi connectivity index (χ2n) is 9.97. The smallest absolute Gasteiger partial charge is 0.255 e. The fourth-order valence-corrected chi connectivity index (χ4v) is 6.16. The van der Waals surface area contributed by atoms with Crippen LogP contribution in [0.25, 0.3) is 0 Å². The molecule has 1 aliphatic carbocycles. The third-order valence-electron chi connectivity index (χ3n) is 7.94. The number of nitrogens with zero attached hydrogens (tertiary/aromatic N) is 3. The van der Waals surface area contributed by atoms with Crippen LogP contribution in [0.2, 0.25) is 0 Å². The number of likely N-dealkylation sites (tertiary alicyclic amines) is 3. The number of hydrogen-bond donors (Lipinski definition) is 1. The lowest BCUT2D eigenvalue weighted by Crippen LogP contribution is -2.60. The van der Waals surface area contributed by atoms with Gasteiger partial charge in [0.15, 0.2) is 5.60 Å². The molecule has 3 saturated heterocycles. The first-order chi connectivity index (χ1) is 13.6. The molecule has 1 atom stereocenters. The van der Waals surface area contributed by atoms with Gasteiger partial charge in [0.2, 0.25) is 0 Å². The van der Waals surface area contributed by atoms with Crippen molar-refractivity contribution in [2.45, 2.75) is 88.7 Å². The van der Waals surface area contributed by atoms with Gasteiger partial charge in [-0.2, -0.15) is 0 Å². The van der Waals surface area contributed by atoms with Crippen LogP contribution in [0.5, 0.6) is 0 Å². The Balaban J connectivity index is 1.25. The van der Waals surface area contributed by atoms with Gasteiger partial charge in [-0.25, -0.2) is 0 Å². The van der Waals surface area contributed by atoms with Crippen molar-refractivity contribution < 1.29 is 9.90 Å². The lowest BCUT2D eigenvalue weighted by molar-refractivity contribution is -0.160. The van der Waals surface area contributed by atoms with Crippen LogP contribution in [0, 0.1) is 5.92 Å². The van der Waals surface area contributed by atoms with Crippen LogP contribution in [0.3, 0.4) is 0 Å². The summed E-state index contributed by atoms with van der Waals surface area (Å²) in [6.07, 6.45) is 14.6. The quantitative estimate of drug-likeness (QED) is 0.756. The number of piperidine rings is 2. The Morgan fingerprint density at radius 1 is 0.857 bits per heavy atom. The minimum Gasteiger partial charge on any atom is -0.379 e. The van der Waals surface area contributed by atoms with Crippen LogP contribution < -0.4 is 0 Å². The number of β-amino-alcohol motifs (C(OH)–C–C–N with tert-alkyl or cyclic N) is 1. The molecule has 0 spiro atoms. The third kappa shape index (κ3) is 4.91. The molecule has 28 heavy (non-hydrogen) atoms. The van der Waals surface area contributed by atoms with E-state index in [2.05, 4.69) is 9.80 Å². The molecule has 3 heterocycles. The number of carbonyl (C=O) groups is 1. The fourth-order valence-electron chi connectivity index (χ4n) is 6.16. The summed E-state index contributed by atoms with van der Waals surface area (Å²) in [5, 5.41) is 11.2. The van der Waals surface area contributed by atoms with Gasteiger partial charge in [-0.3, -0.25) is 9.69 Å². The molecule has 4 aliphatic rings.